The summed E-state index contributed by atoms with van der Waals surface area (Å²) in [6, 6.07) is 2.09. The van der Waals surface area contributed by atoms with Gasteiger partial charge in [-0.2, -0.15) is 11.3 Å². The second-order valence-corrected chi connectivity index (χ2v) is 4.81. The van der Waals surface area contributed by atoms with Crippen LogP contribution in [-0.2, 0) is 6.42 Å². The Bertz CT molecular complexity index is 265. The molecule has 0 aliphatic carbocycles. The first-order chi connectivity index (χ1) is 6.79. The Kier molecular flexibility index (Phi) is 3.19. The van der Waals surface area contributed by atoms with E-state index in [0.717, 1.165) is 19.5 Å². The van der Waals surface area contributed by atoms with Crippen molar-refractivity contribution in [2.45, 2.75) is 31.4 Å². The molecule has 0 amide bonds. The molecule has 0 radical (unpaired) electrons. The zero-order valence-corrected chi connectivity index (χ0v) is 9.08. The summed E-state index contributed by atoms with van der Waals surface area (Å²) in [4.78, 5) is 0. The minimum absolute atomic E-state index is 0.678. The molecule has 1 aromatic rings. The van der Waals surface area contributed by atoms with Crippen molar-refractivity contribution in [2.75, 3.05) is 13.1 Å². The van der Waals surface area contributed by atoms with Crippen LogP contribution in [0.1, 0.15) is 24.8 Å². The van der Waals surface area contributed by atoms with Gasteiger partial charge in [0.25, 0.3) is 0 Å². The Hall–Kier alpha value is -0.410. The molecule has 1 aliphatic rings. The number of thiophene rings is 1. The van der Waals surface area contributed by atoms with Crippen LogP contribution in [-0.4, -0.2) is 18.8 Å². The van der Waals surface area contributed by atoms with Gasteiger partial charge in [-0.3, -0.25) is 0 Å². The van der Waals surface area contributed by atoms with Crippen LogP contribution in [0.4, 0.5) is 4.39 Å². The van der Waals surface area contributed by atoms with Gasteiger partial charge in [0.1, 0.15) is 5.67 Å². The zero-order valence-electron chi connectivity index (χ0n) is 8.26. The lowest BCUT2D eigenvalue weighted by Crippen LogP contribution is -2.38. The van der Waals surface area contributed by atoms with E-state index in [-0.39, 0.29) is 0 Å². The van der Waals surface area contributed by atoms with E-state index in [9.17, 15) is 4.39 Å². The summed E-state index contributed by atoms with van der Waals surface area (Å²) < 4.78 is 14.1. The van der Waals surface area contributed by atoms with Gasteiger partial charge in [-0.25, -0.2) is 4.39 Å². The lowest BCUT2D eigenvalue weighted by Gasteiger charge is -2.29. The topological polar surface area (TPSA) is 12.0 Å². The van der Waals surface area contributed by atoms with Crippen molar-refractivity contribution in [1.82, 2.24) is 5.32 Å². The van der Waals surface area contributed by atoms with E-state index in [4.69, 9.17) is 0 Å². The number of alkyl halides is 1. The monoisotopic (exact) mass is 213 g/mol. The minimum atomic E-state index is -0.910. The second kappa shape index (κ2) is 4.41. The fourth-order valence-electron chi connectivity index (χ4n) is 1.93. The van der Waals surface area contributed by atoms with E-state index in [1.165, 1.54) is 5.56 Å². The molecule has 0 bridgehead atoms. The van der Waals surface area contributed by atoms with E-state index >= 15 is 0 Å². The number of halogens is 1. The Morgan fingerprint density at radius 3 is 2.86 bits per heavy atom. The van der Waals surface area contributed by atoms with Crippen molar-refractivity contribution in [3.63, 3.8) is 0 Å². The Morgan fingerprint density at radius 2 is 2.21 bits per heavy atom. The minimum Gasteiger partial charge on any atom is -0.316 e. The lowest BCUT2D eigenvalue weighted by atomic mass is 9.89. The SMILES string of the molecule is FC1(CCc2ccsc2)CCNCC1. The largest absolute Gasteiger partial charge is 0.316 e. The maximum Gasteiger partial charge on any atom is 0.113 e. The zero-order chi connectivity index (χ0) is 9.86. The molecule has 1 aromatic heterocycles. The lowest BCUT2D eigenvalue weighted by molar-refractivity contribution is 0.105. The molecule has 0 spiro atoms. The Labute approximate surface area is 88.3 Å². The summed E-state index contributed by atoms with van der Waals surface area (Å²) in [6.45, 7) is 1.67. The first-order valence-electron chi connectivity index (χ1n) is 5.19. The molecular weight excluding hydrogens is 197 g/mol. The average molecular weight is 213 g/mol. The molecule has 1 fully saturated rings. The predicted molar refractivity (Wildman–Crippen MR) is 58.6 cm³/mol. The van der Waals surface area contributed by atoms with Crippen LogP contribution >= 0.6 is 11.3 Å². The molecule has 1 saturated heterocycles. The molecule has 0 atom stereocenters. The third-order valence-corrected chi connectivity index (χ3v) is 3.67. The third-order valence-electron chi connectivity index (χ3n) is 2.94. The van der Waals surface area contributed by atoms with Gasteiger partial charge in [-0.15, -0.1) is 0 Å². The summed E-state index contributed by atoms with van der Waals surface area (Å²) in [5.41, 5.74) is 0.373. The number of nitrogens with one attached hydrogen (secondary N) is 1. The smallest absolute Gasteiger partial charge is 0.113 e. The van der Waals surface area contributed by atoms with Crippen LogP contribution in [0.25, 0.3) is 0 Å². The van der Waals surface area contributed by atoms with Gasteiger partial charge in [-0.1, -0.05) is 0 Å². The summed E-state index contributed by atoms with van der Waals surface area (Å²) in [5, 5.41) is 7.37. The average Bonchev–Trinajstić information content (AvgIpc) is 2.69. The molecule has 2 heterocycles. The molecule has 0 saturated carbocycles. The predicted octanol–water partition coefficient (Wildman–Crippen LogP) is 2.77. The van der Waals surface area contributed by atoms with Crippen LogP contribution in [0.3, 0.4) is 0 Å². The number of hydrogen-bond donors (Lipinski definition) is 1. The highest BCUT2D eigenvalue weighted by molar-refractivity contribution is 7.07. The highest BCUT2D eigenvalue weighted by Crippen LogP contribution is 2.28. The molecule has 2 rings (SSSR count). The Balaban J connectivity index is 1.84. The van der Waals surface area contributed by atoms with E-state index < -0.39 is 5.67 Å². The standard InChI is InChI=1S/C11H16FNS/c12-11(4-6-13-7-5-11)3-1-10-2-8-14-9-10/h2,8-9,13H,1,3-7H2. The molecular formula is C11H16FNS. The van der Waals surface area contributed by atoms with Crippen LogP contribution in [0.2, 0.25) is 0 Å². The molecule has 1 aliphatic heterocycles. The fourth-order valence-corrected chi connectivity index (χ4v) is 2.63. The van der Waals surface area contributed by atoms with Crippen LogP contribution in [0, 0.1) is 0 Å². The normalized spacial score (nSPS) is 20.9. The molecule has 0 aromatic carbocycles. The summed E-state index contributed by atoms with van der Waals surface area (Å²) in [5.74, 6) is 0. The quantitative estimate of drug-likeness (QED) is 0.814. The van der Waals surface area contributed by atoms with Gasteiger partial charge in [0, 0.05) is 0 Å². The van der Waals surface area contributed by atoms with Gasteiger partial charge in [0.15, 0.2) is 0 Å². The van der Waals surface area contributed by atoms with Crippen molar-refractivity contribution in [3.8, 4) is 0 Å². The number of hydrogen-bond acceptors (Lipinski definition) is 2. The van der Waals surface area contributed by atoms with E-state index in [1.54, 1.807) is 11.3 Å². The molecule has 78 valence electrons. The van der Waals surface area contributed by atoms with Crippen molar-refractivity contribution in [3.05, 3.63) is 22.4 Å². The maximum atomic E-state index is 14.1. The van der Waals surface area contributed by atoms with Gasteiger partial charge in [0.05, 0.1) is 0 Å². The first kappa shape index (κ1) is 10.1. The Morgan fingerprint density at radius 1 is 1.43 bits per heavy atom. The van der Waals surface area contributed by atoms with Crippen molar-refractivity contribution < 1.29 is 4.39 Å². The molecule has 1 N–H and O–H groups in total. The second-order valence-electron chi connectivity index (χ2n) is 4.03. The summed E-state index contributed by atoms with van der Waals surface area (Å²) >= 11 is 1.69. The van der Waals surface area contributed by atoms with Crippen LogP contribution in [0.15, 0.2) is 16.8 Å². The van der Waals surface area contributed by atoms with E-state index in [2.05, 4.69) is 22.1 Å². The first-order valence-corrected chi connectivity index (χ1v) is 6.14. The fraction of sp³-hybridized carbons (Fsp3) is 0.636. The van der Waals surface area contributed by atoms with Crippen molar-refractivity contribution >= 4 is 11.3 Å². The van der Waals surface area contributed by atoms with Crippen LogP contribution in [0.5, 0.6) is 0 Å². The molecule has 1 nitrogen and oxygen atoms in total. The molecule has 3 heteroatoms. The van der Waals surface area contributed by atoms with Crippen LogP contribution < -0.4 is 5.32 Å². The van der Waals surface area contributed by atoms with Crippen molar-refractivity contribution in [1.29, 1.82) is 0 Å². The number of aryl methyl sites for hydroxylation is 1. The summed E-state index contributed by atoms with van der Waals surface area (Å²) in [6.07, 6.45) is 2.93. The van der Waals surface area contributed by atoms with Crippen molar-refractivity contribution in [2.24, 2.45) is 0 Å². The number of rotatable bonds is 3. The number of piperidine rings is 1. The highest BCUT2D eigenvalue weighted by Gasteiger charge is 2.30. The van der Waals surface area contributed by atoms with E-state index in [1.807, 2.05) is 0 Å². The van der Waals surface area contributed by atoms with Gasteiger partial charge < -0.3 is 5.32 Å². The van der Waals surface area contributed by atoms with Gasteiger partial charge >= 0.3 is 0 Å². The molecule has 14 heavy (non-hydrogen) atoms. The van der Waals surface area contributed by atoms with Gasteiger partial charge in [0.2, 0.25) is 0 Å². The highest BCUT2D eigenvalue weighted by atomic mass is 32.1. The van der Waals surface area contributed by atoms with Gasteiger partial charge in [-0.05, 0) is 61.2 Å². The summed E-state index contributed by atoms with van der Waals surface area (Å²) in [7, 11) is 0. The third kappa shape index (κ3) is 2.55. The maximum absolute atomic E-state index is 14.1. The molecule has 0 unspecified atom stereocenters. The van der Waals surface area contributed by atoms with E-state index in [0.29, 0.717) is 19.3 Å².